The number of hydrogen-bond acceptors (Lipinski definition) is 3. The lowest BCUT2D eigenvalue weighted by Crippen LogP contribution is -2.13. The first-order chi connectivity index (χ1) is 7.27. The van der Waals surface area contributed by atoms with Crippen molar-refractivity contribution in [2.75, 3.05) is 11.9 Å². The quantitative estimate of drug-likeness (QED) is 0.467. The molecule has 0 saturated carbocycles. The van der Waals surface area contributed by atoms with E-state index in [2.05, 4.69) is 15.3 Å². The zero-order valence-corrected chi connectivity index (χ0v) is 8.17. The van der Waals surface area contributed by atoms with E-state index in [-0.39, 0.29) is 6.61 Å². The molecule has 1 aromatic carbocycles. The van der Waals surface area contributed by atoms with Gasteiger partial charge in [-0.2, -0.15) is 0 Å². The van der Waals surface area contributed by atoms with E-state index >= 15 is 0 Å². The van der Waals surface area contributed by atoms with Gasteiger partial charge in [0.25, 0.3) is 0 Å². The molecule has 78 valence electrons. The standard InChI is InChI=1S/C9H10N4O2/c1-2-15-9(14)11-7-5-3-4-6-8(7)12-13-10/h3-6H,2H2,1H3,(H,11,14). The van der Waals surface area contributed by atoms with Crippen molar-refractivity contribution in [2.24, 2.45) is 5.11 Å². The number of nitrogens with zero attached hydrogens (tertiary/aromatic N) is 3. The number of hydrogen-bond donors (Lipinski definition) is 1. The summed E-state index contributed by atoms with van der Waals surface area (Å²) in [6.45, 7) is 1.99. The summed E-state index contributed by atoms with van der Waals surface area (Å²) in [5, 5.41) is 5.90. The lowest BCUT2D eigenvalue weighted by Gasteiger charge is -2.06. The molecular formula is C9H10N4O2. The van der Waals surface area contributed by atoms with Crippen LogP contribution in [0.25, 0.3) is 10.4 Å². The number of carbonyl (C=O) groups is 1. The molecule has 1 amide bonds. The molecule has 0 aliphatic heterocycles. The average Bonchev–Trinajstić information content (AvgIpc) is 2.21. The van der Waals surface area contributed by atoms with Gasteiger partial charge in [0.15, 0.2) is 0 Å². The molecule has 0 spiro atoms. The first-order valence-electron chi connectivity index (χ1n) is 4.35. The van der Waals surface area contributed by atoms with Crippen LogP contribution in [-0.4, -0.2) is 12.7 Å². The van der Waals surface area contributed by atoms with E-state index < -0.39 is 6.09 Å². The Morgan fingerprint density at radius 1 is 1.60 bits per heavy atom. The lowest BCUT2D eigenvalue weighted by atomic mass is 10.3. The Balaban J connectivity index is 2.84. The minimum atomic E-state index is -0.571. The predicted octanol–water partition coefficient (Wildman–Crippen LogP) is 3.20. The number of para-hydroxylation sites is 1. The van der Waals surface area contributed by atoms with Gasteiger partial charge in [-0.3, -0.25) is 5.32 Å². The van der Waals surface area contributed by atoms with Gasteiger partial charge in [-0.1, -0.05) is 23.3 Å². The summed E-state index contributed by atoms with van der Waals surface area (Å²) in [5.74, 6) is 0. The van der Waals surface area contributed by atoms with Crippen molar-refractivity contribution in [3.63, 3.8) is 0 Å². The number of anilines is 1. The number of carbonyl (C=O) groups excluding carboxylic acids is 1. The maximum absolute atomic E-state index is 11.1. The summed E-state index contributed by atoms with van der Waals surface area (Å²) < 4.78 is 4.69. The molecule has 15 heavy (non-hydrogen) atoms. The van der Waals surface area contributed by atoms with Crippen molar-refractivity contribution in [1.29, 1.82) is 0 Å². The molecule has 0 saturated heterocycles. The number of azide groups is 1. The number of ether oxygens (including phenoxy) is 1. The average molecular weight is 206 g/mol. The van der Waals surface area contributed by atoms with E-state index in [1.807, 2.05) is 0 Å². The Morgan fingerprint density at radius 3 is 3.00 bits per heavy atom. The van der Waals surface area contributed by atoms with Gasteiger partial charge in [-0.15, -0.1) is 0 Å². The van der Waals surface area contributed by atoms with Gasteiger partial charge in [-0.25, -0.2) is 4.79 Å². The number of nitrogens with one attached hydrogen (secondary N) is 1. The largest absolute Gasteiger partial charge is 0.450 e. The molecule has 0 aromatic heterocycles. The summed E-state index contributed by atoms with van der Waals surface area (Å²) in [6.07, 6.45) is -0.571. The summed E-state index contributed by atoms with van der Waals surface area (Å²) in [7, 11) is 0. The Bertz CT molecular complexity index is 399. The van der Waals surface area contributed by atoms with Crippen LogP contribution >= 0.6 is 0 Å². The van der Waals surface area contributed by atoms with Crippen LogP contribution in [-0.2, 0) is 4.74 Å². The van der Waals surface area contributed by atoms with Crippen LogP contribution in [0.1, 0.15) is 6.92 Å². The highest BCUT2D eigenvalue weighted by Crippen LogP contribution is 2.24. The normalized spacial score (nSPS) is 8.87. The molecule has 1 rings (SSSR count). The molecule has 0 atom stereocenters. The van der Waals surface area contributed by atoms with E-state index in [1.165, 1.54) is 0 Å². The third-order valence-electron chi connectivity index (χ3n) is 1.57. The molecule has 0 heterocycles. The number of benzene rings is 1. The van der Waals surface area contributed by atoms with E-state index in [4.69, 9.17) is 10.3 Å². The molecule has 6 heteroatoms. The smallest absolute Gasteiger partial charge is 0.411 e. The monoisotopic (exact) mass is 206 g/mol. The number of amides is 1. The molecule has 0 radical (unpaired) electrons. The van der Waals surface area contributed by atoms with Crippen LogP contribution in [0.3, 0.4) is 0 Å². The topological polar surface area (TPSA) is 87.1 Å². The highest BCUT2D eigenvalue weighted by atomic mass is 16.5. The zero-order chi connectivity index (χ0) is 11.1. The van der Waals surface area contributed by atoms with E-state index in [0.717, 1.165) is 0 Å². The highest BCUT2D eigenvalue weighted by Gasteiger charge is 2.04. The zero-order valence-electron chi connectivity index (χ0n) is 8.17. The Morgan fingerprint density at radius 2 is 2.33 bits per heavy atom. The van der Waals surface area contributed by atoms with Crippen LogP contribution in [0.2, 0.25) is 0 Å². The fourth-order valence-corrected chi connectivity index (χ4v) is 0.992. The summed E-state index contributed by atoms with van der Waals surface area (Å²) in [4.78, 5) is 13.8. The van der Waals surface area contributed by atoms with E-state index in [1.54, 1.807) is 31.2 Å². The van der Waals surface area contributed by atoms with Gasteiger partial charge in [0, 0.05) is 4.91 Å². The van der Waals surface area contributed by atoms with E-state index in [0.29, 0.717) is 11.4 Å². The van der Waals surface area contributed by atoms with Crippen molar-refractivity contribution < 1.29 is 9.53 Å². The minimum Gasteiger partial charge on any atom is -0.450 e. The maximum atomic E-state index is 11.1. The molecule has 6 nitrogen and oxygen atoms in total. The van der Waals surface area contributed by atoms with E-state index in [9.17, 15) is 4.79 Å². The third-order valence-corrected chi connectivity index (χ3v) is 1.57. The highest BCUT2D eigenvalue weighted by molar-refractivity contribution is 5.88. The van der Waals surface area contributed by atoms with Gasteiger partial charge in [0.05, 0.1) is 18.0 Å². The first-order valence-corrected chi connectivity index (χ1v) is 4.35. The summed E-state index contributed by atoms with van der Waals surface area (Å²) >= 11 is 0. The van der Waals surface area contributed by atoms with Crippen molar-refractivity contribution in [3.05, 3.63) is 34.7 Å². The van der Waals surface area contributed by atoms with Crippen LogP contribution in [0, 0.1) is 0 Å². The molecule has 0 bridgehead atoms. The molecule has 0 fully saturated rings. The predicted molar refractivity (Wildman–Crippen MR) is 55.9 cm³/mol. The SMILES string of the molecule is CCOC(=O)Nc1ccccc1N=[N+]=[N-]. The molecule has 1 N–H and O–H groups in total. The Kier molecular flexibility index (Phi) is 4.00. The summed E-state index contributed by atoms with van der Waals surface area (Å²) in [6, 6.07) is 6.65. The fourth-order valence-electron chi connectivity index (χ4n) is 0.992. The van der Waals surface area contributed by atoms with Gasteiger partial charge < -0.3 is 4.74 Å². The third kappa shape index (κ3) is 3.21. The summed E-state index contributed by atoms with van der Waals surface area (Å²) in [5.41, 5.74) is 9.08. The molecular weight excluding hydrogens is 196 g/mol. The Hall–Kier alpha value is -2.20. The minimum absolute atomic E-state index is 0.287. The van der Waals surface area contributed by atoms with Crippen molar-refractivity contribution in [3.8, 4) is 0 Å². The second kappa shape index (κ2) is 5.51. The molecule has 1 aromatic rings. The van der Waals surface area contributed by atoms with Crippen LogP contribution < -0.4 is 5.32 Å². The molecule has 0 aliphatic rings. The van der Waals surface area contributed by atoms with Crippen molar-refractivity contribution >= 4 is 17.5 Å². The van der Waals surface area contributed by atoms with Crippen molar-refractivity contribution in [2.45, 2.75) is 6.92 Å². The molecule has 0 unspecified atom stereocenters. The fraction of sp³-hybridized carbons (Fsp3) is 0.222. The van der Waals surface area contributed by atoms with Gasteiger partial charge in [-0.05, 0) is 18.5 Å². The van der Waals surface area contributed by atoms with Gasteiger partial charge in [0.2, 0.25) is 0 Å². The van der Waals surface area contributed by atoms with Gasteiger partial charge in [0.1, 0.15) is 0 Å². The lowest BCUT2D eigenvalue weighted by molar-refractivity contribution is 0.168. The first kappa shape index (κ1) is 10.9. The van der Waals surface area contributed by atoms with Gasteiger partial charge >= 0.3 is 6.09 Å². The Labute approximate surface area is 86.5 Å². The molecule has 0 aliphatic carbocycles. The van der Waals surface area contributed by atoms with Crippen LogP contribution in [0.15, 0.2) is 29.4 Å². The van der Waals surface area contributed by atoms with Crippen LogP contribution in [0.5, 0.6) is 0 Å². The number of rotatable bonds is 3. The second-order valence-corrected chi connectivity index (χ2v) is 2.55. The maximum Gasteiger partial charge on any atom is 0.411 e. The second-order valence-electron chi connectivity index (χ2n) is 2.55. The van der Waals surface area contributed by atoms with Crippen molar-refractivity contribution in [1.82, 2.24) is 0 Å². The van der Waals surface area contributed by atoms with Crippen LogP contribution in [0.4, 0.5) is 16.2 Å².